The van der Waals surface area contributed by atoms with Crippen molar-refractivity contribution in [2.45, 2.75) is 0 Å². The molecule has 9 aromatic rings. The van der Waals surface area contributed by atoms with Crippen molar-refractivity contribution in [2.75, 3.05) is 0 Å². The fraction of sp³-hybridized carbons (Fsp3) is 0. The molecule has 0 bridgehead atoms. The molecule has 1 nitrogen and oxygen atoms in total. The molecule has 0 aliphatic carbocycles. The number of benzene rings is 7. The molecule has 0 aliphatic heterocycles. The van der Waals surface area contributed by atoms with Crippen molar-refractivity contribution in [1.29, 1.82) is 0 Å². The lowest BCUT2D eigenvalue weighted by Gasteiger charge is -2.13. The average Bonchev–Trinajstić information content (AvgIpc) is 3.64. The van der Waals surface area contributed by atoms with Crippen molar-refractivity contribution in [3.05, 3.63) is 146 Å². The molecule has 7 aromatic carbocycles. The molecule has 0 aliphatic rings. The molecule has 2 aromatic heterocycles. The van der Waals surface area contributed by atoms with E-state index < -0.39 is 0 Å². The number of hydrogen-bond acceptors (Lipinski definition) is 1. The van der Waals surface area contributed by atoms with Gasteiger partial charge < -0.3 is 4.98 Å². The lowest BCUT2D eigenvalue weighted by Crippen LogP contribution is -1.87. The normalized spacial score (nSPS) is 11.8. The van der Waals surface area contributed by atoms with E-state index >= 15 is 0 Å². The third kappa shape index (κ3) is 3.56. The minimum atomic E-state index is 1.17. The van der Waals surface area contributed by atoms with Crippen LogP contribution in [0.3, 0.4) is 0 Å². The highest BCUT2D eigenvalue weighted by Crippen LogP contribution is 2.43. The molecule has 0 unspecified atom stereocenters. The average molecular weight is 552 g/mol. The fourth-order valence-corrected chi connectivity index (χ4v) is 7.89. The number of para-hydroxylation sites is 1. The third-order valence-corrected chi connectivity index (χ3v) is 9.81. The first kappa shape index (κ1) is 23.5. The molecule has 0 atom stereocenters. The van der Waals surface area contributed by atoms with Gasteiger partial charge in [0.2, 0.25) is 0 Å². The number of rotatable bonds is 3. The van der Waals surface area contributed by atoms with Gasteiger partial charge >= 0.3 is 0 Å². The van der Waals surface area contributed by atoms with Crippen LogP contribution in [0, 0.1) is 0 Å². The smallest absolute Gasteiger partial charge is 0.0544 e. The van der Waals surface area contributed by atoms with Crippen LogP contribution >= 0.6 is 11.3 Å². The second-order valence-corrected chi connectivity index (χ2v) is 12.1. The second kappa shape index (κ2) is 9.17. The van der Waals surface area contributed by atoms with E-state index in [0.29, 0.717) is 0 Å². The molecule has 2 heteroatoms. The highest BCUT2D eigenvalue weighted by atomic mass is 32.1. The zero-order valence-corrected chi connectivity index (χ0v) is 23.6. The maximum atomic E-state index is 3.81. The quantitative estimate of drug-likeness (QED) is 0.225. The maximum absolute atomic E-state index is 3.81. The second-order valence-electron chi connectivity index (χ2n) is 11.0. The van der Waals surface area contributed by atoms with Crippen LogP contribution in [0.15, 0.2) is 146 Å². The van der Waals surface area contributed by atoms with Crippen molar-refractivity contribution >= 4 is 64.1 Å². The van der Waals surface area contributed by atoms with E-state index in [1.54, 1.807) is 0 Å². The minimum absolute atomic E-state index is 1.17. The van der Waals surface area contributed by atoms with E-state index in [1.807, 2.05) is 11.3 Å². The SMILES string of the molecule is c1ccc(-c2cc(-c3cccc4c3[nH]c3ccc5ccccc5c34)cc(-c3cccc4c3sc3ccccc34)c2)cc1. The van der Waals surface area contributed by atoms with Gasteiger partial charge in [-0.25, -0.2) is 0 Å². The van der Waals surface area contributed by atoms with E-state index in [-0.39, 0.29) is 0 Å². The number of aromatic amines is 1. The van der Waals surface area contributed by atoms with Gasteiger partial charge in [-0.1, -0.05) is 115 Å². The van der Waals surface area contributed by atoms with E-state index in [0.717, 1.165) is 0 Å². The number of H-pyrrole nitrogens is 1. The van der Waals surface area contributed by atoms with Crippen molar-refractivity contribution in [3.63, 3.8) is 0 Å². The molecule has 9 rings (SSSR count). The molecule has 0 saturated heterocycles. The Bertz CT molecular complexity index is 2460. The Kier molecular flexibility index (Phi) is 5.13. The predicted octanol–water partition coefficient (Wildman–Crippen LogP) is 11.8. The summed E-state index contributed by atoms with van der Waals surface area (Å²) in [6, 6.07) is 53.1. The van der Waals surface area contributed by atoms with Gasteiger partial charge in [0.1, 0.15) is 0 Å². The Morgan fingerprint density at radius 3 is 1.98 bits per heavy atom. The number of aromatic nitrogens is 1. The van der Waals surface area contributed by atoms with Crippen molar-refractivity contribution in [1.82, 2.24) is 4.98 Å². The lowest BCUT2D eigenvalue weighted by atomic mass is 9.92. The van der Waals surface area contributed by atoms with Gasteiger partial charge in [0, 0.05) is 42.0 Å². The molecule has 0 spiro atoms. The summed E-state index contributed by atoms with van der Waals surface area (Å²) in [4.78, 5) is 3.81. The van der Waals surface area contributed by atoms with Gasteiger partial charge in [0.15, 0.2) is 0 Å². The molecule has 42 heavy (non-hydrogen) atoms. The third-order valence-electron chi connectivity index (χ3n) is 8.59. The Labute approximate surface area is 247 Å². The number of nitrogens with one attached hydrogen (secondary N) is 1. The van der Waals surface area contributed by atoms with Gasteiger partial charge in [0.05, 0.1) is 5.52 Å². The Hall–Kier alpha value is -5.18. The first-order valence-electron chi connectivity index (χ1n) is 14.4. The lowest BCUT2D eigenvalue weighted by molar-refractivity contribution is 1.53. The van der Waals surface area contributed by atoms with Gasteiger partial charge in [0.25, 0.3) is 0 Å². The van der Waals surface area contributed by atoms with Crippen molar-refractivity contribution in [3.8, 4) is 33.4 Å². The summed E-state index contributed by atoms with van der Waals surface area (Å²) in [7, 11) is 0. The van der Waals surface area contributed by atoms with Gasteiger partial charge in [-0.2, -0.15) is 0 Å². The fourth-order valence-electron chi connectivity index (χ4n) is 6.65. The summed E-state index contributed by atoms with van der Waals surface area (Å²) in [5.41, 5.74) is 9.75. The summed E-state index contributed by atoms with van der Waals surface area (Å²) in [6.07, 6.45) is 0. The molecule has 2 heterocycles. The molecular weight excluding hydrogens is 527 g/mol. The van der Waals surface area contributed by atoms with Crippen LogP contribution in [0.5, 0.6) is 0 Å². The first-order chi connectivity index (χ1) is 20.8. The zero-order valence-electron chi connectivity index (χ0n) is 22.8. The summed E-state index contributed by atoms with van der Waals surface area (Å²) in [6.45, 7) is 0. The Morgan fingerprint density at radius 1 is 0.429 bits per heavy atom. The molecule has 0 amide bonds. The summed E-state index contributed by atoms with van der Waals surface area (Å²) in [5.74, 6) is 0. The molecule has 1 N–H and O–H groups in total. The molecular formula is C40H25NS. The topological polar surface area (TPSA) is 15.8 Å². The summed E-state index contributed by atoms with van der Waals surface area (Å²) >= 11 is 1.89. The van der Waals surface area contributed by atoms with Crippen LogP contribution in [0.1, 0.15) is 0 Å². The summed E-state index contributed by atoms with van der Waals surface area (Å²) < 4.78 is 2.67. The number of thiophene rings is 1. The maximum Gasteiger partial charge on any atom is 0.0544 e. The van der Waals surface area contributed by atoms with E-state index in [2.05, 4.69) is 151 Å². The predicted molar refractivity (Wildman–Crippen MR) is 183 cm³/mol. The van der Waals surface area contributed by atoms with Crippen LogP contribution < -0.4 is 0 Å². The highest BCUT2D eigenvalue weighted by molar-refractivity contribution is 7.26. The minimum Gasteiger partial charge on any atom is -0.354 e. The van der Waals surface area contributed by atoms with Crippen molar-refractivity contribution < 1.29 is 0 Å². The van der Waals surface area contributed by atoms with E-state index in [1.165, 1.54) is 86.1 Å². The monoisotopic (exact) mass is 551 g/mol. The van der Waals surface area contributed by atoms with Gasteiger partial charge in [-0.05, 0) is 68.9 Å². The molecule has 196 valence electrons. The van der Waals surface area contributed by atoms with E-state index in [9.17, 15) is 0 Å². The standard InChI is InChI=1S/C40H25NS/c1-2-10-25(11-3-1)27-22-28(24-29(23-27)32-16-9-17-34-33-14-6-7-19-37(33)42-40(32)34)31-15-8-18-35-38-30-13-5-4-12-26(30)20-21-36(38)41-39(31)35/h1-24,41H. The molecule has 0 saturated carbocycles. The van der Waals surface area contributed by atoms with Crippen LogP contribution in [-0.2, 0) is 0 Å². The van der Waals surface area contributed by atoms with Gasteiger partial charge in [-0.15, -0.1) is 11.3 Å². The zero-order chi connectivity index (χ0) is 27.6. The van der Waals surface area contributed by atoms with Gasteiger partial charge in [-0.3, -0.25) is 0 Å². The number of hydrogen-bond donors (Lipinski definition) is 1. The van der Waals surface area contributed by atoms with Crippen LogP contribution in [-0.4, -0.2) is 4.98 Å². The summed E-state index contributed by atoms with van der Waals surface area (Å²) in [5, 5.41) is 7.75. The van der Waals surface area contributed by atoms with Crippen LogP contribution in [0.2, 0.25) is 0 Å². The van der Waals surface area contributed by atoms with E-state index in [4.69, 9.17) is 0 Å². The number of fused-ring (bicyclic) bond motifs is 8. The Morgan fingerprint density at radius 2 is 1.10 bits per heavy atom. The molecule has 0 fully saturated rings. The highest BCUT2D eigenvalue weighted by Gasteiger charge is 2.16. The van der Waals surface area contributed by atoms with Crippen molar-refractivity contribution in [2.24, 2.45) is 0 Å². The van der Waals surface area contributed by atoms with Crippen LogP contribution in [0.4, 0.5) is 0 Å². The first-order valence-corrected chi connectivity index (χ1v) is 15.2. The molecule has 0 radical (unpaired) electrons. The largest absolute Gasteiger partial charge is 0.354 e. The Balaban J connectivity index is 1.34. The van der Waals surface area contributed by atoms with Crippen LogP contribution in [0.25, 0.3) is 86.1 Å².